The number of nitrogens with zero attached hydrogens (tertiary/aromatic N) is 2. The third-order valence-electron chi connectivity index (χ3n) is 8.87. The van der Waals surface area contributed by atoms with Gasteiger partial charge in [0.1, 0.15) is 0 Å². The molecule has 0 bridgehead atoms. The van der Waals surface area contributed by atoms with Gasteiger partial charge < -0.3 is 0 Å². The minimum atomic E-state index is -6.42. The summed E-state index contributed by atoms with van der Waals surface area (Å²) in [4.78, 5) is 8.66. The van der Waals surface area contributed by atoms with E-state index in [4.69, 9.17) is 17.0 Å². The fourth-order valence-electron chi connectivity index (χ4n) is 6.81. The van der Waals surface area contributed by atoms with Gasteiger partial charge in [0, 0.05) is 0 Å². The predicted molar refractivity (Wildman–Crippen MR) is 163 cm³/mol. The van der Waals surface area contributed by atoms with E-state index >= 15 is 26.3 Å². The molecule has 12 heteroatoms. The van der Waals surface area contributed by atoms with Crippen LogP contribution in [0.4, 0.5) is 26.3 Å². The van der Waals surface area contributed by atoms with Crippen LogP contribution in [0.5, 0.6) is 0 Å². The maximum absolute atomic E-state index is 15.1. The van der Waals surface area contributed by atoms with Gasteiger partial charge >= 0.3 is 261 Å². The molecule has 0 amide bonds. The Hall–Kier alpha value is -2.52. The van der Waals surface area contributed by atoms with E-state index in [0.29, 0.717) is 22.5 Å². The second kappa shape index (κ2) is 10.8. The van der Waals surface area contributed by atoms with Crippen molar-refractivity contribution in [3.05, 3.63) is 119 Å². The number of benzene rings is 2. The molecule has 44 heavy (non-hydrogen) atoms. The Morgan fingerprint density at radius 2 is 1.02 bits per heavy atom. The molecule has 0 saturated heterocycles. The van der Waals surface area contributed by atoms with Crippen molar-refractivity contribution in [1.29, 1.82) is 0 Å². The van der Waals surface area contributed by atoms with E-state index in [9.17, 15) is 0 Å². The first-order chi connectivity index (χ1) is 20.6. The van der Waals surface area contributed by atoms with Gasteiger partial charge in [-0.3, -0.25) is 0 Å². The van der Waals surface area contributed by atoms with Gasteiger partial charge in [0.25, 0.3) is 0 Å². The summed E-state index contributed by atoms with van der Waals surface area (Å²) in [6.45, 7) is 3.38. The molecule has 0 aliphatic heterocycles. The van der Waals surface area contributed by atoms with Crippen LogP contribution in [-0.2, 0) is 15.6 Å². The molecule has 0 spiro atoms. The Morgan fingerprint density at radius 3 is 1.34 bits per heavy atom. The SMILES string of the molecule is C[SiH](C)[Zr]([Cl])([Cl])([CH]1C(C(F)(F)F)=Cc2c(-c3ccccn3)cccc21)[CH]1C(C(F)(F)F)=Cc2c(-c3ccccn3)cccc21. The molecule has 0 N–H and O–H groups in total. The van der Waals surface area contributed by atoms with Gasteiger partial charge in [0.15, 0.2) is 0 Å². The summed E-state index contributed by atoms with van der Waals surface area (Å²) in [5.41, 5.74) is 0.610. The summed E-state index contributed by atoms with van der Waals surface area (Å²) in [6.07, 6.45) is -4.69. The van der Waals surface area contributed by atoms with Crippen molar-refractivity contribution in [2.45, 2.75) is 32.7 Å². The third-order valence-corrected chi connectivity index (χ3v) is 60.4. The molecule has 2 aromatic carbocycles. The van der Waals surface area contributed by atoms with Gasteiger partial charge in [-0.2, -0.15) is 0 Å². The number of alkyl halides is 6. The fraction of sp³-hybridized carbons (Fsp3) is 0.188. The van der Waals surface area contributed by atoms with E-state index < -0.39 is 52.2 Å². The van der Waals surface area contributed by atoms with Crippen molar-refractivity contribution in [1.82, 2.24) is 9.97 Å². The van der Waals surface area contributed by atoms with Crippen molar-refractivity contribution < 1.29 is 41.9 Å². The molecule has 227 valence electrons. The Balaban J connectivity index is 1.67. The summed E-state index contributed by atoms with van der Waals surface area (Å²) in [6, 6.07) is 19.7. The standard InChI is InChI=1S/2C15H9F3N.C2H7Si.2ClH.Zr/c2*16-15(17,18)11-8-10-4-3-5-12(13(10)9-11)14-6-1-2-7-19-14;1-3-2;;;/h2*1-9H;3H,1-2H3;2*1H;/q;;;;;+2/p-2. The van der Waals surface area contributed by atoms with Crippen LogP contribution in [0, 0.1) is 0 Å². The zero-order valence-electron chi connectivity index (χ0n) is 23.4. The van der Waals surface area contributed by atoms with Crippen LogP contribution in [0.25, 0.3) is 34.7 Å². The van der Waals surface area contributed by atoms with Crippen LogP contribution in [0.15, 0.2) is 96.3 Å². The van der Waals surface area contributed by atoms with Crippen molar-refractivity contribution in [2.24, 2.45) is 0 Å². The molecule has 4 aromatic rings. The normalized spacial score (nSPS) is 19.2. The number of allylic oxidation sites excluding steroid dienone is 2. The van der Waals surface area contributed by atoms with Gasteiger partial charge in [0.2, 0.25) is 0 Å². The molecule has 2 nitrogen and oxygen atoms in total. The zero-order chi connectivity index (χ0) is 31.7. The molecule has 2 aliphatic rings. The monoisotopic (exact) mass is 739 g/mol. The predicted octanol–water partition coefficient (Wildman–Crippen LogP) is 10.5. The summed E-state index contributed by atoms with van der Waals surface area (Å²) in [5.74, 6) is -2.71. The van der Waals surface area contributed by atoms with Gasteiger partial charge in [-0.25, -0.2) is 0 Å². The van der Waals surface area contributed by atoms with Gasteiger partial charge in [-0.15, -0.1) is 0 Å². The van der Waals surface area contributed by atoms with Crippen LogP contribution >= 0.6 is 17.0 Å². The van der Waals surface area contributed by atoms with Crippen molar-refractivity contribution in [3.8, 4) is 22.5 Å². The Bertz CT molecular complexity index is 1700. The van der Waals surface area contributed by atoms with E-state index in [2.05, 4.69) is 9.97 Å². The van der Waals surface area contributed by atoms with E-state index in [1.165, 1.54) is 24.5 Å². The van der Waals surface area contributed by atoms with Crippen LogP contribution < -0.4 is 0 Å². The molecule has 0 saturated carbocycles. The maximum atomic E-state index is 15.1. The zero-order valence-corrected chi connectivity index (χ0v) is 28.5. The van der Waals surface area contributed by atoms with E-state index in [1.807, 2.05) is 0 Å². The second-order valence-electron chi connectivity index (χ2n) is 11.5. The first kappa shape index (κ1) is 31.5. The molecule has 2 heterocycles. The molecule has 2 aliphatic carbocycles. The number of pyridine rings is 2. The summed E-state index contributed by atoms with van der Waals surface area (Å²) in [7, 11) is 15.4. The van der Waals surface area contributed by atoms with Gasteiger partial charge in [-0.1, -0.05) is 0 Å². The minimum absolute atomic E-state index is 0.202. The van der Waals surface area contributed by atoms with Gasteiger partial charge in [-0.05, 0) is 0 Å². The molecular weight excluding hydrogens is 717 g/mol. The molecule has 2 aromatic heterocycles. The second-order valence-corrected chi connectivity index (χ2v) is 54.0. The molecule has 0 fully saturated rings. The Morgan fingerprint density at radius 1 is 0.614 bits per heavy atom. The Kier molecular flexibility index (Phi) is 7.71. The quantitative estimate of drug-likeness (QED) is 0.150. The molecule has 6 rings (SSSR count). The Labute approximate surface area is 259 Å². The van der Waals surface area contributed by atoms with Gasteiger partial charge in [0.05, 0.1) is 0 Å². The van der Waals surface area contributed by atoms with Crippen molar-refractivity contribution in [2.75, 3.05) is 0 Å². The average molecular weight is 742 g/mol. The molecule has 0 radical (unpaired) electrons. The van der Waals surface area contributed by atoms with Crippen LogP contribution in [0.1, 0.15) is 29.5 Å². The molecular formula is C32H25Cl2F6N2SiZr. The van der Waals surface area contributed by atoms with Crippen LogP contribution in [-0.4, -0.2) is 28.2 Å². The van der Waals surface area contributed by atoms with E-state index in [0.717, 1.165) is 12.2 Å². The number of fused-ring (bicyclic) bond motifs is 2. The fourth-order valence-corrected chi connectivity index (χ4v) is 36.9. The molecule has 2 unspecified atom stereocenters. The number of rotatable bonds is 5. The summed E-state index contributed by atoms with van der Waals surface area (Å²) in [5, 5.41) is 0. The van der Waals surface area contributed by atoms with Crippen LogP contribution in [0.3, 0.4) is 0 Å². The number of halogens is 8. The number of hydrogen-bond acceptors (Lipinski definition) is 2. The molecule has 2 atom stereocenters. The summed E-state index contributed by atoms with van der Waals surface area (Å²) >= 11 is -6.42. The first-order valence-electron chi connectivity index (χ1n) is 13.9. The van der Waals surface area contributed by atoms with E-state index in [1.54, 1.807) is 73.8 Å². The topological polar surface area (TPSA) is 25.8 Å². The first-order valence-corrected chi connectivity index (χ1v) is 30.2. The summed E-state index contributed by atoms with van der Waals surface area (Å²) < 4.78 is 87.2. The average Bonchev–Trinajstić information content (AvgIpc) is 3.59. The van der Waals surface area contributed by atoms with Crippen molar-refractivity contribution >= 4 is 35.1 Å². The number of aromatic nitrogens is 2. The number of hydrogen-bond donors (Lipinski definition) is 0. The third kappa shape index (κ3) is 4.88. The van der Waals surface area contributed by atoms with Crippen LogP contribution in [0.2, 0.25) is 13.1 Å². The van der Waals surface area contributed by atoms with E-state index in [-0.39, 0.29) is 22.3 Å². The van der Waals surface area contributed by atoms with Crippen molar-refractivity contribution in [3.63, 3.8) is 0 Å².